The van der Waals surface area contributed by atoms with Crippen LogP contribution in [-0.4, -0.2) is 12.9 Å². The molecule has 0 aliphatic heterocycles. The second-order valence-corrected chi connectivity index (χ2v) is 6.36. The van der Waals surface area contributed by atoms with E-state index in [0.29, 0.717) is 10.9 Å². The van der Waals surface area contributed by atoms with Gasteiger partial charge in [0.2, 0.25) is 0 Å². The van der Waals surface area contributed by atoms with E-state index in [4.69, 9.17) is 0 Å². The van der Waals surface area contributed by atoms with E-state index < -0.39 is 6.68 Å². The first kappa shape index (κ1) is 16.6. The molecular formula is C16H18F3S+. The average molecular weight is 299 g/mol. The molecule has 0 aromatic heterocycles. The predicted octanol–water partition coefficient (Wildman–Crippen LogP) is 4.98. The van der Waals surface area contributed by atoms with E-state index in [1.165, 1.54) is 16.0 Å². The Hall–Kier alpha value is -1.42. The molecule has 0 N–H and O–H groups in total. The lowest BCUT2D eigenvalue weighted by molar-refractivity contribution is 0.00819. The summed E-state index contributed by atoms with van der Waals surface area (Å²) >= 11 is 0. The van der Waals surface area contributed by atoms with Crippen LogP contribution in [0.2, 0.25) is 0 Å². The molecular weight excluding hydrogens is 281 g/mol. The Morgan fingerprint density at radius 3 is 1.90 bits per heavy atom. The Morgan fingerprint density at radius 1 is 0.900 bits per heavy atom. The van der Waals surface area contributed by atoms with Gasteiger partial charge in [0.1, 0.15) is 12.0 Å². The summed E-state index contributed by atoms with van der Waals surface area (Å²) in [6, 6.07) is 19.6. The maximum Gasteiger partial charge on any atom is 0.379 e. The zero-order chi connectivity index (χ0) is 15.0. The summed E-state index contributed by atoms with van der Waals surface area (Å²) in [5.41, 5.74) is 2.76. The van der Waals surface area contributed by atoms with Crippen LogP contribution in [0.1, 0.15) is 11.1 Å². The minimum atomic E-state index is -3.67. The fourth-order valence-electron chi connectivity index (χ4n) is 1.67. The standard InChI is InChI=1S/C15H17S.CHF3/c1-13-8-10-14(11-9-13)12-16(2)15-6-4-3-5-7-15;2-1(3)4/h3-11H,12H2,1-2H3;1H/q+1;. The van der Waals surface area contributed by atoms with Crippen LogP contribution in [0.3, 0.4) is 0 Å². The third-order valence-electron chi connectivity index (χ3n) is 2.65. The van der Waals surface area contributed by atoms with Gasteiger partial charge in [0, 0.05) is 16.5 Å². The van der Waals surface area contributed by atoms with E-state index in [1.807, 2.05) is 0 Å². The number of rotatable bonds is 3. The first-order chi connectivity index (χ1) is 9.49. The van der Waals surface area contributed by atoms with Crippen LogP contribution in [0, 0.1) is 6.92 Å². The fourth-order valence-corrected chi connectivity index (χ4v) is 3.15. The average Bonchev–Trinajstić information content (AvgIpc) is 2.42. The molecule has 0 amide bonds. The molecule has 20 heavy (non-hydrogen) atoms. The van der Waals surface area contributed by atoms with E-state index >= 15 is 0 Å². The Kier molecular flexibility index (Phi) is 7.23. The van der Waals surface area contributed by atoms with E-state index in [9.17, 15) is 13.2 Å². The second kappa shape index (κ2) is 8.69. The Labute approximate surface area is 121 Å². The van der Waals surface area contributed by atoms with Gasteiger partial charge in [0.05, 0.1) is 0 Å². The van der Waals surface area contributed by atoms with Gasteiger partial charge in [0.15, 0.2) is 4.90 Å². The van der Waals surface area contributed by atoms with E-state index in [-0.39, 0.29) is 0 Å². The maximum absolute atomic E-state index is 9.67. The van der Waals surface area contributed by atoms with E-state index in [0.717, 1.165) is 5.75 Å². The Bertz CT molecular complexity index is 480. The van der Waals surface area contributed by atoms with Gasteiger partial charge in [-0.3, -0.25) is 0 Å². The van der Waals surface area contributed by atoms with Crippen LogP contribution >= 0.6 is 0 Å². The van der Waals surface area contributed by atoms with Crippen LogP contribution in [0.5, 0.6) is 0 Å². The molecule has 1 unspecified atom stereocenters. The summed E-state index contributed by atoms with van der Waals surface area (Å²) in [5.74, 6) is 1.14. The smallest absolute Gasteiger partial charge is 0.174 e. The number of hydrogen-bond acceptors (Lipinski definition) is 0. The summed E-state index contributed by atoms with van der Waals surface area (Å²) in [6.07, 6.45) is 2.31. The monoisotopic (exact) mass is 299 g/mol. The fraction of sp³-hybridized carbons (Fsp3) is 0.250. The van der Waals surface area contributed by atoms with Crippen molar-refractivity contribution in [1.82, 2.24) is 0 Å². The van der Waals surface area contributed by atoms with Crippen molar-refractivity contribution in [2.45, 2.75) is 24.3 Å². The molecule has 0 nitrogen and oxygen atoms in total. The van der Waals surface area contributed by atoms with Gasteiger partial charge in [-0.25, -0.2) is 0 Å². The van der Waals surface area contributed by atoms with Crippen molar-refractivity contribution in [2.24, 2.45) is 0 Å². The molecule has 108 valence electrons. The topological polar surface area (TPSA) is 0 Å². The Balaban J connectivity index is 0.000000444. The van der Waals surface area contributed by atoms with Crippen LogP contribution in [0.15, 0.2) is 59.5 Å². The van der Waals surface area contributed by atoms with Crippen LogP contribution in [-0.2, 0) is 16.6 Å². The molecule has 0 saturated heterocycles. The normalized spacial score (nSPS) is 11.7. The highest BCUT2D eigenvalue weighted by Crippen LogP contribution is 2.16. The number of hydrogen-bond donors (Lipinski definition) is 0. The first-order valence-corrected chi connectivity index (χ1v) is 7.94. The highest BCUT2D eigenvalue weighted by molar-refractivity contribution is 7.95. The van der Waals surface area contributed by atoms with Gasteiger partial charge in [-0.05, 0) is 19.1 Å². The molecule has 4 heteroatoms. The third kappa shape index (κ3) is 6.66. The zero-order valence-corrected chi connectivity index (χ0v) is 12.3. The van der Waals surface area contributed by atoms with Crippen molar-refractivity contribution >= 4 is 10.9 Å². The molecule has 0 bridgehead atoms. The molecule has 2 rings (SSSR count). The molecule has 0 aliphatic rings. The van der Waals surface area contributed by atoms with Crippen LogP contribution in [0.25, 0.3) is 0 Å². The molecule has 0 saturated carbocycles. The van der Waals surface area contributed by atoms with Gasteiger partial charge in [-0.1, -0.05) is 48.0 Å². The van der Waals surface area contributed by atoms with Crippen molar-refractivity contribution < 1.29 is 13.2 Å². The summed E-state index contributed by atoms with van der Waals surface area (Å²) in [5, 5.41) is 0. The number of halogens is 3. The molecule has 1 atom stereocenters. The molecule has 0 fully saturated rings. The SMILES string of the molecule is Cc1ccc(C[S+](C)c2ccccc2)cc1.FC(F)F. The third-order valence-corrected chi connectivity index (χ3v) is 4.49. The lowest BCUT2D eigenvalue weighted by Gasteiger charge is -2.03. The van der Waals surface area contributed by atoms with Crippen molar-refractivity contribution in [3.8, 4) is 0 Å². The molecule has 0 heterocycles. The molecule has 0 aliphatic carbocycles. The number of aryl methyl sites for hydroxylation is 1. The number of alkyl halides is 3. The van der Waals surface area contributed by atoms with Gasteiger partial charge in [-0.2, -0.15) is 13.2 Å². The van der Waals surface area contributed by atoms with Gasteiger partial charge >= 0.3 is 6.68 Å². The molecule has 2 aromatic rings. The minimum Gasteiger partial charge on any atom is -0.174 e. The summed E-state index contributed by atoms with van der Waals surface area (Å²) in [6.45, 7) is -1.54. The summed E-state index contributed by atoms with van der Waals surface area (Å²) < 4.78 is 29.0. The molecule has 0 spiro atoms. The quantitative estimate of drug-likeness (QED) is 0.701. The first-order valence-electron chi connectivity index (χ1n) is 6.14. The highest BCUT2D eigenvalue weighted by atomic mass is 32.2. The van der Waals surface area contributed by atoms with Crippen molar-refractivity contribution in [2.75, 3.05) is 6.26 Å². The highest BCUT2D eigenvalue weighted by Gasteiger charge is 2.14. The van der Waals surface area contributed by atoms with Crippen molar-refractivity contribution in [3.05, 3.63) is 65.7 Å². The zero-order valence-electron chi connectivity index (χ0n) is 11.5. The lowest BCUT2D eigenvalue weighted by atomic mass is 10.2. The Morgan fingerprint density at radius 2 is 1.40 bits per heavy atom. The summed E-state index contributed by atoms with van der Waals surface area (Å²) in [4.78, 5) is 1.45. The predicted molar refractivity (Wildman–Crippen MR) is 80.0 cm³/mol. The van der Waals surface area contributed by atoms with E-state index in [2.05, 4.69) is 67.8 Å². The number of benzene rings is 2. The van der Waals surface area contributed by atoms with Gasteiger partial charge < -0.3 is 0 Å². The minimum absolute atomic E-state index is 0.309. The van der Waals surface area contributed by atoms with Gasteiger partial charge in [0.25, 0.3) is 0 Å². The van der Waals surface area contributed by atoms with Gasteiger partial charge in [-0.15, -0.1) is 0 Å². The molecule has 0 radical (unpaired) electrons. The van der Waals surface area contributed by atoms with Crippen LogP contribution in [0.4, 0.5) is 13.2 Å². The largest absolute Gasteiger partial charge is 0.379 e. The second-order valence-electron chi connectivity index (χ2n) is 4.33. The van der Waals surface area contributed by atoms with E-state index in [1.54, 1.807) is 0 Å². The van der Waals surface area contributed by atoms with Crippen LogP contribution < -0.4 is 0 Å². The summed E-state index contributed by atoms with van der Waals surface area (Å²) in [7, 11) is 0.309. The molecule has 2 aromatic carbocycles. The lowest BCUT2D eigenvalue weighted by Crippen LogP contribution is -2.03. The maximum atomic E-state index is 9.67. The van der Waals surface area contributed by atoms with Crippen molar-refractivity contribution in [3.63, 3.8) is 0 Å². The van der Waals surface area contributed by atoms with Crippen molar-refractivity contribution in [1.29, 1.82) is 0 Å².